The first-order valence-electron chi connectivity index (χ1n) is 11.3. The fourth-order valence-corrected chi connectivity index (χ4v) is 6.38. The smallest absolute Gasteiger partial charge is 0.267 e. The molecule has 0 saturated carbocycles. The van der Waals surface area contributed by atoms with Gasteiger partial charge in [0.15, 0.2) is 5.16 Å². The van der Waals surface area contributed by atoms with E-state index < -0.39 is 0 Å². The fourth-order valence-electron chi connectivity index (χ4n) is 4.24. The number of ether oxygens (including phenoxy) is 1. The molecule has 2 aromatic heterocycles. The van der Waals surface area contributed by atoms with Gasteiger partial charge in [-0.2, -0.15) is 0 Å². The van der Waals surface area contributed by atoms with E-state index in [1.54, 1.807) is 23.0 Å². The number of methoxy groups -OCH3 is 1. The molecule has 0 atom stereocenters. The largest absolute Gasteiger partial charge is 0.497 e. The van der Waals surface area contributed by atoms with E-state index >= 15 is 0 Å². The van der Waals surface area contributed by atoms with E-state index in [0.717, 1.165) is 47.0 Å². The Morgan fingerprint density at radius 2 is 1.97 bits per heavy atom. The zero-order valence-corrected chi connectivity index (χ0v) is 20.5. The third-order valence-corrected chi connectivity index (χ3v) is 8.06. The van der Waals surface area contributed by atoms with Crippen molar-refractivity contribution in [2.24, 2.45) is 0 Å². The van der Waals surface area contributed by atoms with Crippen LogP contribution in [0.5, 0.6) is 5.75 Å². The average molecular weight is 492 g/mol. The first kappa shape index (κ1) is 22.7. The summed E-state index contributed by atoms with van der Waals surface area (Å²) >= 11 is 2.90. The first-order valence-corrected chi connectivity index (χ1v) is 13.1. The highest BCUT2D eigenvalue weighted by atomic mass is 32.2. The van der Waals surface area contributed by atoms with Crippen molar-refractivity contribution in [3.8, 4) is 11.4 Å². The Labute approximate surface area is 206 Å². The molecule has 1 aliphatic rings. The number of hydrogen-bond acceptors (Lipinski definition) is 6. The van der Waals surface area contributed by atoms with E-state index in [1.807, 2.05) is 54.6 Å². The quantitative estimate of drug-likeness (QED) is 0.299. The minimum atomic E-state index is -0.106. The molecule has 34 heavy (non-hydrogen) atoms. The molecule has 8 heteroatoms. The normalized spacial score (nSPS) is 13.0. The number of rotatable bonds is 7. The number of nitrogens with one attached hydrogen (secondary N) is 1. The minimum absolute atomic E-state index is 0.0788. The number of carbonyl (C=O) groups is 1. The standard InChI is InChI=1S/C26H25N3O3S2/c1-32-19-11-7-10-18(14-19)29-25(31)23-20-12-5-6-13-21(20)34-24(23)28-26(29)33-16-22(30)27-15-17-8-3-2-4-9-17/h2-4,7-11,14H,5-6,12-13,15-16H2,1H3,(H,27,30). The van der Waals surface area contributed by atoms with Crippen molar-refractivity contribution in [1.82, 2.24) is 14.9 Å². The van der Waals surface area contributed by atoms with E-state index in [-0.39, 0.29) is 17.2 Å². The third-order valence-electron chi connectivity index (χ3n) is 5.93. The van der Waals surface area contributed by atoms with Crippen LogP contribution >= 0.6 is 23.1 Å². The molecule has 0 spiro atoms. The maximum atomic E-state index is 13.8. The van der Waals surface area contributed by atoms with Crippen LogP contribution in [0.4, 0.5) is 0 Å². The molecular formula is C26H25N3O3S2. The second kappa shape index (κ2) is 10.0. The van der Waals surface area contributed by atoms with Gasteiger partial charge in [-0.15, -0.1) is 11.3 Å². The monoisotopic (exact) mass is 491 g/mol. The molecule has 1 amide bonds. The van der Waals surface area contributed by atoms with Crippen LogP contribution in [0.2, 0.25) is 0 Å². The highest BCUT2D eigenvalue weighted by molar-refractivity contribution is 7.99. The van der Waals surface area contributed by atoms with Crippen LogP contribution in [-0.4, -0.2) is 28.3 Å². The summed E-state index contributed by atoms with van der Waals surface area (Å²) in [6, 6.07) is 17.2. The molecule has 0 fully saturated rings. The Morgan fingerprint density at radius 1 is 1.15 bits per heavy atom. The molecule has 4 aromatic rings. The highest BCUT2D eigenvalue weighted by Crippen LogP contribution is 2.35. The van der Waals surface area contributed by atoms with Gasteiger partial charge in [-0.1, -0.05) is 48.2 Å². The van der Waals surface area contributed by atoms with Gasteiger partial charge in [0.2, 0.25) is 5.91 Å². The summed E-state index contributed by atoms with van der Waals surface area (Å²) in [6.07, 6.45) is 4.15. The molecule has 1 aliphatic carbocycles. The molecular weight excluding hydrogens is 466 g/mol. The maximum absolute atomic E-state index is 13.8. The fraction of sp³-hybridized carbons (Fsp3) is 0.269. The SMILES string of the molecule is COc1cccc(-n2c(SCC(=O)NCc3ccccc3)nc3sc4c(c3c2=O)CCCC4)c1. The number of nitrogens with zero attached hydrogens (tertiary/aromatic N) is 2. The van der Waals surface area contributed by atoms with E-state index in [0.29, 0.717) is 23.1 Å². The van der Waals surface area contributed by atoms with Gasteiger partial charge in [-0.3, -0.25) is 14.2 Å². The number of aryl methyl sites for hydroxylation is 2. The van der Waals surface area contributed by atoms with E-state index in [4.69, 9.17) is 9.72 Å². The topological polar surface area (TPSA) is 73.2 Å². The van der Waals surface area contributed by atoms with Crippen LogP contribution < -0.4 is 15.6 Å². The number of thiophene rings is 1. The Morgan fingerprint density at radius 3 is 2.79 bits per heavy atom. The molecule has 1 N–H and O–H groups in total. The lowest BCUT2D eigenvalue weighted by Crippen LogP contribution is -2.26. The van der Waals surface area contributed by atoms with E-state index in [9.17, 15) is 9.59 Å². The summed E-state index contributed by atoms with van der Waals surface area (Å²) in [5.74, 6) is 0.721. The molecule has 6 nitrogen and oxygen atoms in total. The number of amides is 1. The Hall–Kier alpha value is -3.10. The van der Waals surface area contributed by atoms with Crippen molar-refractivity contribution in [2.45, 2.75) is 37.4 Å². The maximum Gasteiger partial charge on any atom is 0.267 e. The molecule has 0 saturated heterocycles. The van der Waals surface area contributed by atoms with Crippen molar-refractivity contribution in [1.29, 1.82) is 0 Å². The van der Waals surface area contributed by atoms with Gasteiger partial charge < -0.3 is 10.1 Å². The Bertz CT molecular complexity index is 1400. The minimum Gasteiger partial charge on any atom is -0.497 e. The summed E-state index contributed by atoms with van der Waals surface area (Å²) in [5, 5.41) is 4.18. The number of thioether (sulfide) groups is 1. The van der Waals surface area contributed by atoms with Gasteiger partial charge in [0.05, 0.1) is 23.9 Å². The Balaban J connectivity index is 1.49. The van der Waals surface area contributed by atoms with Gasteiger partial charge in [0, 0.05) is 17.5 Å². The van der Waals surface area contributed by atoms with Gasteiger partial charge in [0.1, 0.15) is 10.6 Å². The van der Waals surface area contributed by atoms with Crippen molar-refractivity contribution in [2.75, 3.05) is 12.9 Å². The summed E-state index contributed by atoms with van der Waals surface area (Å²) in [5.41, 5.74) is 2.79. The van der Waals surface area contributed by atoms with Crippen molar-refractivity contribution in [3.05, 3.63) is 81.0 Å². The van der Waals surface area contributed by atoms with E-state index in [2.05, 4.69) is 5.32 Å². The summed E-state index contributed by atoms with van der Waals surface area (Å²) in [6.45, 7) is 0.465. The molecule has 2 heterocycles. The van der Waals surface area contributed by atoms with Crippen molar-refractivity contribution >= 4 is 39.2 Å². The molecule has 2 aromatic carbocycles. The van der Waals surface area contributed by atoms with Crippen LogP contribution in [0.15, 0.2) is 64.5 Å². The van der Waals surface area contributed by atoms with Crippen molar-refractivity contribution < 1.29 is 9.53 Å². The number of aromatic nitrogens is 2. The van der Waals surface area contributed by atoms with Crippen LogP contribution in [0.1, 0.15) is 28.8 Å². The average Bonchev–Trinajstić information content (AvgIpc) is 3.25. The summed E-state index contributed by atoms with van der Waals surface area (Å²) < 4.78 is 7.01. The molecule has 0 unspecified atom stereocenters. The van der Waals surface area contributed by atoms with Gasteiger partial charge in [-0.25, -0.2) is 4.98 Å². The van der Waals surface area contributed by atoms with Crippen LogP contribution in [-0.2, 0) is 24.2 Å². The zero-order valence-electron chi connectivity index (χ0n) is 18.9. The summed E-state index contributed by atoms with van der Waals surface area (Å²) in [4.78, 5) is 33.3. The molecule has 174 valence electrons. The lowest BCUT2D eigenvalue weighted by atomic mass is 9.97. The number of fused-ring (bicyclic) bond motifs is 3. The second-order valence-corrected chi connectivity index (χ2v) is 10.2. The first-order chi connectivity index (χ1) is 16.6. The zero-order chi connectivity index (χ0) is 23.5. The lowest BCUT2D eigenvalue weighted by molar-refractivity contribution is -0.118. The van der Waals surface area contributed by atoms with Crippen LogP contribution in [0.25, 0.3) is 15.9 Å². The number of carbonyl (C=O) groups excluding carboxylic acids is 1. The molecule has 0 aliphatic heterocycles. The highest BCUT2D eigenvalue weighted by Gasteiger charge is 2.23. The van der Waals surface area contributed by atoms with Gasteiger partial charge in [0.25, 0.3) is 5.56 Å². The number of hydrogen-bond donors (Lipinski definition) is 1. The van der Waals surface area contributed by atoms with Crippen LogP contribution in [0.3, 0.4) is 0 Å². The number of benzene rings is 2. The third kappa shape index (κ3) is 4.60. The predicted octanol–water partition coefficient (Wildman–Crippen LogP) is 4.74. The predicted molar refractivity (Wildman–Crippen MR) is 137 cm³/mol. The van der Waals surface area contributed by atoms with Crippen LogP contribution in [0, 0.1) is 0 Å². The molecule has 0 bridgehead atoms. The van der Waals surface area contributed by atoms with E-state index in [1.165, 1.54) is 16.6 Å². The van der Waals surface area contributed by atoms with Gasteiger partial charge in [-0.05, 0) is 48.9 Å². The molecule has 5 rings (SSSR count). The second-order valence-electron chi connectivity index (χ2n) is 8.18. The summed E-state index contributed by atoms with van der Waals surface area (Å²) in [7, 11) is 1.60. The molecule has 0 radical (unpaired) electrons. The van der Waals surface area contributed by atoms with Crippen molar-refractivity contribution in [3.63, 3.8) is 0 Å². The Kier molecular flexibility index (Phi) is 6.69. The van der Waals surface area contributed by atoms with Gasteiger partial charge >= 0.3 is 0 Å². The lowest BCUT2D eigenvalue weighted by Gasteiger charge is -2.14.